The van der Waals surface area contributed by atoms with Crippen LogP contribution in [0, 0.1) is 0 Å². The third kappa shape index (κ3) is 5.80. The van der Waals surface area contributed by atoms with Crippen molar-refractivity contribution < 1.29 is 9.84 Å². The number of para-hydroxylation sites is 2. The van der Waals surface area contributed by atoms with Gasteiger partial charge in [0.1, 0.15) is 0 Å². The van der Waals surface area contributed by atoms with E-state index in [0.717, 1.165) is 11.4 Å². The highest BCUT2D eigenvalue weighted by Gasteiger charge is 2.14. The van der Waals surface area contributed by atoms with Gasteiger partial charge in [0.15, 0.2) is 11.5 Å². The average molecular weight is 585 g/mol. The molecule has 4 rings (SSSR count). The topological polar surface area (TPSA) is 117 Å². The number of methoxy groups -OCH3 is 1. The molecule has 0 bridgehead atoms. The molecule has 3 aromatic carbocycles. The molecule has 11 heteroatoms. The minimum Gasteiger partial charge on any atom is -0.503 e. The fourth-order valence-electron chi connectivity index (χ4n) is 2.86. The molecule has 4 aromatic rings. The largest absolute Gasteiger partial charge is 0.503 e. The van der Waals surface area contributed by atoms with Gasteiger partial charge in [-0.15, -0.1) is 0 Å². The zero-order chi connectivity index (χ0) is 23.9. The predicted molar refractivity (Wildman–Crippen MR) is 141 cm³/mol. The Morgan fingerprint density at radius 1 is 0.824 bits per heavy atom. The third-order valence-corrected chi connectivity index (χ3v) is 6.62. The molecular weight excluding hydrogens is 566 g/mol. The van der Waals surface area contributed by atoms with Crippen LogP contribution < -0.4 is 20.8 Å². The maximum absolute atomic E-state index is 10.1. The molecule has 0 saturated heterocycles. The summed E-state index contributed by atoms with van der Waals surface area (Å²) in [4.78, 5) is 13.3. The quantitative estimate of drug-likeness (QED) is 0.146. The number of rotatable bonds is 8. The highest BCUT2D eigenvalue weighted by atomic mass is 79.9. The van der Waals surface area contributed by atoms with Gasteiger partial charge in [0.05, 0.1) is 17.8 Å². The molecule has 1 heterocycles. The summed E-state index contributed by atoms with van der Waals surface area (Å²) >= 11 is 6.77. The van der Waals surface area contributed by atoms with E-state index in [1.165, 1.54) is 7.11 Å². The van der Waals surface area contributed by atoms with E-state index in [4.69, 9.17) is 4.74 Å². The molecule has 1 aromatic heterocycles. The molecule has 0 aliphatic heterocycles. The fourth-order valence-corrected chi connectivity index (χ4v) is 3.69. The monoisotopic (exact) mass is 583 g/mol. The molecule has 4 N–H and O–H groups in total. The van der Waals surface area contributed by atoms with Crippen molar-refractivity contribution in [2.45, 2.75) is 0 Å². The molecule has 0 fully saturated rings. The van der Waals surface area contributed by atoms with Gasteiger partial charge in [-0.1, -0.05) is 36.4 Å². The van der Waals surface area contributed by atoms with Crippen molar-refractivity contribution in [1.82, 2.24) is 15.0 Å². The number of aromatic hydroxyl groups is 1. The number of aromatic nitrogens is 3. The van der Waals surface area contributed by atoms with Crippen molar-refractivity contribution in [2.24, 2.45) is 5.10 Å². The Hall–Kier alpha value is -3.70. The van der Waals surface area contributed by atoms with Gasteiger partial charge in [-0.25, -0.2) is 5.43 Å². The number of benzene rings is 3. The van der Waals surface area contributed by atoms with E-state index in [9.17, 15) is 5.11 Å². The number of nitrogens with zero attached hydrogens (tertiary/aromatic N) is 4. The Kier molecular flexibility index (Phi) is 7.55. The zero-order valence-corrected chi connectivity index (χ0v) is 21.0. The number of phenols is 1. The number of hydrogen-bond donors (Lipinski definition) is 4. The summed E-state index contributed by atoms with van der Waals surface area (Å²) in [6.45, 7) is 0. The number of anilines is 5. The molecule has 0 aliphatic rings. The van der Waals surface area contributed by atoms with Crippen LogP contribution in [0.3, 0.4) is 0 Å². The molecule has 172 valence electrons. The molecule has 0 atom stereocenters. The zero-order valence-electron chi connectivity index (χ0n) is 17.8. The summed E-state index contributed by atoms with van der Waals surface area (Å²) in [6.07, 6.45) is 1.55. The molecule has 0 saturated carbocycles. The van der Waals surface area contributed by atoms with E-state index in [0.29, 0.717) is 32.2 Å². The van der Waals surface area contributed by atoms with Crippen molar-refractivity contribution in [2.75, 3.05) is 23.2 Å². The van der Waals surface area contributed by atoms with E-state index in [2.05, 4.69) is 68.0 Å². The molecule has 0 spiro atoms. The number of phenolic OH excluding ortho intramolecular Hbond substituents is 1. The number of halogens is 2. The van der Waals surface area contributed by atoms with E-state index >= 15 is 0 Å². The Morgan fingerprint density at radius 3 is 1.88 bits per heavy atom. The van der Waals surface area contributed by atoms with Crippen LogP contribution in [-0.4, -0.2) is 33.4 Å². The molecule has 9 nitrogen and oxygen atoms in total. The second-order valence-electron chi connectivity index (χ2n) is 6.80. The normalized spacial score (nSPS) is 10.8. The van der Waals surface area contributed by atoms with Crippen molar-refractivity contribution in [1.29, 1.82) is 0 Å². The van der Waals surface area contributed by atoms with Gasteiger partial charge in [0, 0.05) is 21.4 Å². The first-order valence-corrected chi connectivity index (χ1v) is 11.6. The lowest BCUT2D eigenvalue weighted by atomic mass is 10.2. The Bertz CT molecular complexity index is 1250. The minimum absolute atomic E-state index is 0.00907. The van der Waals surface area contributed by atoms with Gasteiger partial charge in [-0.3, -0.25) is 0 Å². The Labute approximate surface area is 212 Å². The van der Waals surface area contributed by atoms with E-state index < -0.39 is 0 Å². The van der Waals surface area contributed by atoms with Crippen LogP contribution in [0.15, 0.2) is 80.8 Å². The van der Waals surface area contributed by atoms with Gasteiger partial charge in [-0.2, -0.15) is 20.1 Å². The van der Waals surface area contributed by atoms with Crippen LogP contribution in [0.4, 0.5) is 29.2 Å². The maximum Gasteiger partial charge on any atom is 0.250 e. The van der Waals surface area contributed by atoms with Gasteiger partial charge >= 0.3 is 0 Å². The van der Waals surface area contributed by atoms with Gasteiger partial charge < -0.3 is 20.5 Å². The summed E-state index contributed by atoms with van der Waals surface area (Å²) in [5.74, 6) is 1.20. The van der Waals surface area contributed by atoms with Crippen LogP contribution in [0.1, 0.15) is 5.56 Å². The van der Waals surface area contributed by atoms with Crippen molar-refractivity contribution in [3.63, 3.8) is 0 Å². The van der Waals surface area contributed by atoms with E-state index in [-0.39, 0.29) is 11.7 Å². The standard InChI is InChI=1S/C23H19Br2N7O2/c1-34-17-12-14(18(24)19(25)20(17)33)13-26-32-23-30-21(27-15-8-4-2-5-9-15)29-22(31-23)28-16-10-6-3-7-11-16/h2-13,33H,1H3,(H3,27,28,29,30,31,32). The van der Waals surface area contributed by atoms with Crippen LogP contribution in [-0.2, 0) is 0 Å². The summed E-state index contributed by atoms with van der Waals surface area (Å²) in [5.41, 5.74) is 5.16. The molecule has 0 aliphatic carbocycles. The van der Waals surface area contributed by atoms with Crippen LogP contribution in [0.5, 0.6) is 11.5 Å². The van der Waals surface area contributed by atoms with E-state index in [1.54, 1.807) is 12.3 Å². The summed E-state index contributed by atoms with van der Waals surface area (Å²) in [7, 11) is 1.47. The number of ether oxygens (including phenoxy) is 1. The summed E-state index contributed by atoms with van der Waals surface area (Å²) in [5, 5.41) is 20.7. The minimum atomic E-state index is -0.00907. The molecule has 0 radical (unpaired) electrons. The van der Waals surface area contributed by atoms with E-state index in [1.807, 2.05) is 60.7 Å². The van der Waals surface area contributed by atoms with Crippen molar-refractivity contribution in [3.05, 3.63) is 81.2 Å². The molecule has 0 amide bonds. The summed E-state index contributed by atoms with van der Waals surface area (Å²) in [6, 6.07) is 20.8. The average Bonchev–Trinajstić information content (AvgIpc) is 2.85. The molecular formula is C23H19Br2N7O2. The number of hydrazone groups is 1. The number of nitrogens with one attached hydrogen (secondary N) is 3. The lowest BCUT2D eigenvalue weighted by Crippen LogP contribution is -2.07. The van der Waals surface area contributed by atoms with Crippen LogP contribution >= 0.6 is 31.9 Å². The highest BCUT2D eigenvalue weighted by molar-refractivity contribution is 9.13. The molecule has 34 heavy (non-hydrogen) atoms. The smallest absolute Gasteiger partial charge is 0.250 e. The second kappa shape index (κ2) is 10.9. The van der Waals surface area contributed by atoms with Crippen molar-refractivity contribution >= 4 is 67.3 Å². The van der Waals surface area contributed by atoms with Gasteiger partial charge in [0.2, 0.25) is 17.8 Å². The third-order valence-electron chi connectivity index (χ3n) is 4.46. The SMILES string of the molecule is COc1cc(C=NNc2nc(Nc3ccccc3)nc(Nc3ccccc3)n2)c(Br)c(Br)c1O. The first-order valence-electron chi connectivity index (χ1n) is 9.97. The van der Waals surface area contributed by atoms with Crippen LogP contribution in [0.2, 0.25) is 0 Å². The first-order chi connectivity index (χ1) is 16.5. The van der Waals surface area contributed by atoms with Gasteiger partial charge in [0.25, 0.3) is 0 Å². The molecule has 0 unspecified atom stereocenters. The highest BCUT2D eigenvalue weighted by Crippen LogP contribution is 2.41. The van der Waals surface area contributed by atoms with Gasteiger partial charge in [-0.05, 0) is 62.2 Å². The lowest BCUT2D eigenvalue weighted by Gasteiger charge is -2.10. The second-order valence-corrected chi connectivity index (χ2v) is 8.39. The Balaban J connectivity index is 1.60. The maximum atomic E-state index is 10.1. The Morgan fingerprint density at radius 2 is 1.35 bits per heavy atom. The van der Waals surface area contributed by atoms with Crippen molar-refractivity contribution in [3.8, 4) is 11.5 Å². The number of hydrogen-bond acceptors (Lipinski definition) is 9. The van der Waals surface area contributed by atoms with Crippen LogP contribution in [0.25, 0.3) is 0 Å². The lowest BCUT2D eigenvalue weighted by molar-refractivity contribution is 0.371. The summed E-state index contributed by atoms with van der Waals surface area (Å²) < 4.78 is 6.27. The first kappa shape index (κ1) is 23.5. The fraction of sp³-hybridized carbons (Fsp3) is 0.0435. The predicted octanol–water partition coefficient (Wildman–Crippen LogP) is 6.04.